The van der Waals surface area contributed by atoms with Crippen LogP contribution in [0.25, 0.3) is 0 Å². The van der Waals surface area contributed by atoms with Crippen LogP contribution < -0.4 is 0 Å². The summed E-state index contributed by atoms with van der Waals surface area (Å²) in [4.78, 5) is 0. The fourth-order valence-electron chi connectivity index (χ4n) is 2.05. The van der Waals surface area contributed by atoms with Gasteiger partial charge in [-0.2, -0.15) is 11.8 Å². The minimum Gasteiger partial charge on any atom is -0.392 e. The van der Waals surface area contributed by atoms with E-state index in [0.717, 1.165) is 17.4 Å². The highest BCUT2D eigenvalue weighted by molar-refractivity contribution is 7.99. The predicted octanol–water partition coefficient (Wildman–Crippen LogP) is 2.93. The van der Waals surface area contributed by atoms with Crippen molar-refractivity contribution in [1.29, 1.82) is 0 Å². The topological polar surface area (TPSA) is 20.2 Å². The fourth-order valence-corrected chi connectivity index (χ4v) is 2.79. The second-order valence-electron chi connectivity index (χ2n) is 4.25. The van der Waals surface area contributed by atoms with Crippen LogP contribution in [0.1, 0.15) is 39.5 Å². The van der Waals surface area contributed by atoms with Gasteiger partial charge < -0.3 is 5.11 Å². The molecule has 1 atom stereocenters. The molecule has 0 amide bonds. The van der Waals surface area contributed by atoms with Gasteiger partial charge in [-0.25, -0.2) is 0 Å². The first kappa shape index (κ1) is 11.4. The molecule has 0 radical (unpaired) electrons. The standard InChI is InChI=1S/C11H22OS/c1-3-13-8-11(12)10-6-4-9(2)5-7-10/h9-12H,3-8H2,1-2H3. The Kier molecular flexibility index (Phi) is 5.18. The monoisotopic (exact) mass is 202 g/mol. The highest BCUT2D eigenvalue weighted by Gasteiger charge is 2.24. The summed E-state index contributed by atoms with van der Waals surface area (Å²) in [6.07, 6.45) is 5.08. The molecular weight excluding hydrogens is 180 g/mol. The average molecular weight is 202 g/mol. The van der Waals surface area contributed by atoms with Crippen LogP contribution in [-0.4, -0.2) is 22.7 Å². The Bertz CT molecular complexity index is 130. The van der Waals surface area contributed by atoms with Crippen molar-refractivity contribution in [3.8, 4) is 0 Å². The highest BCUT2D eigenvalue weighted by atomic mass is 32.2. The lowest BCUT2D eigenvalue weighted by atomic mass is 9.81. The third-order valence-electron chi connectivity index (χ3n) is 3.10. The van der Waals surface area contributed by atoms with E-state index >= 15 is 0 Å². The van der Waals surface area contributed by atoms with Crippen LogP contribution in [-0.2, 0) is 0 Å². The summed E-state index contributed by atoms with van der Waals surface area (Å²) in [5.41, 5.74) is 0. The first-order chi connectivity index (χ1) is 6.24. The Balaban J connectivity index is 2.19. The van der Waals surface area contributed by atoms with E-state index in [0.29, 0.717) is 5.92 Å². The van der Waals surface area contributed by atoms with E-state index in [1.165, 1.54) is 25.7 Å². The Hall–Kier alpha value is 0.310. The van der Waals surface area contributed by atoms with Crippen LogP contribution >= 0.6 is 11.8 Å². The number of hydrogen-bond acceptors (Lipinski definition) is 2. The maximum Gasteiger partial charge on any atom is 0.0658 e. The first-order valence-electron chi connectivity index (χ1n) is 5.49. The van der Waals surface area contributed by atoms with E-state index in [2.05, 4.69) is 13.8 Å². The molecule has 0 bridgehead atoms. The van der Waals surface area contributed by atoms with Gasteiger partial charge in [-0.15, -0.1) is 0 Å². The Morgan fingerprint density at radius 3 is 2.46 bits per heavy atom. The lowest BCUT2D eigenvalue weighted by molar-refractivity contribution is 0.0947. The Labute approximate surface area is 86.3 Å². The fraction of sp³-hybridized carbons (Fsp3) is 1.00. The molecule has 0 aromatic heterocycles. The van der Waals surface area contributed by atoms with Crippen molar-refractivity contribution in [3.63, 3.8) is 0 Å². The number of hydrogen-bond donors (Lipinski definition) is 1. The summed E-state index contributed by atoms with van der Waals surface area (Å²) in [7, 11) is 0. The minimum atomic E-state index is -0.0440. The molecule has 13 heavy (non-hydrogen) atoms. The van der Waals surface area contributed by atoms with Crippen molar-refractivity contribution in [2.75, 3.05) is 11.5 Å². The summed E-state index contributed by atoms with van der Waals surface area (Å²) in [6, 6.07) is 0. The van der Waals surface area contributed by atoms with Gasteiger partial charge >= 0.3 is 0 Å². The van der Waals surface area contributed by atoms with Crippen LogP contribution in [0.2, 0.25) is 0 Å². The molecule has 1 saturated carbocycles. The quantitative estimate of drug-likeness (QED) is 0.756. The molecule has 1 aliphatic carbocycles. The van der Waals surface area contributed by atoms with Gasteiger partial charge in [0.1, 0.15) is 0 Å². The van der Waals surface area contributed by atoms with Gasteiger partial charge in [0.2, 0.25) is 0 Å². The molecule has 1 fully saturated rings. The molecule has 0 heterocycles. The molecule has 1 aliphatic rings. The Morgan fingerprint density at radius 1 is 1.31 bits per heavy atom. The molecular formula is C11H22OS. The summed E-state index contributed by atoms with van der Waals surface area (Å²) >= 11 is 1.86. The van der Waals surface area contributed by atoms with Gasteiger partial charge in [0.15, 0.2) is 0 Å². The third kappa shape index (κ3) is 3.90. The molecule has 2 heteroatoms. The van der Waals surface area contributed by atoms with Crippen LogP contribution in [0.15, 0.2) is 0 Å². The van der Waals surface area contributed by atoms with Crippen LogP contribution in [0.4, 0.5) is 0 Å². The van der Waals surface area contributed by atoms with Crippen molar-refractivity contribution in [2.24, 2.45) is 11.8 Å². The van der Waals surface area contributed by atoms with Crippen LogP contribution in [0, 0.1) is 11.8 Å². The molecule has 1 unspecified atom stereocenters. The van der Waals surface area contributed by atoms with Gasteiger partial charge in [0.05, 0.1) is 6.10 Å². The SMILES string of the molecule is CCSCC(O)C1CCC(C)CC1. The van der Waals surface area contributed by atoms with Crippen LogP contribution in [0.3, 0.4) is 0 Å². The van der Waals surface area contributed by atoms with Crippen molar-refractivity contribution in [1.82, 2.24) is 0 Å². The number of aliphatic hydroxyl groups excluding tert-OH is 1. The predicted molar refractivity (Wildman–Crippen MR) is 60.1 cm³/mol. The maximum atomic E-state index is 9.87. The van der Waals surface area contributed by atoms with E-state index in [1.54, 1.807) is 0 Å². The Morgan fingerprint density at radius 2 is 1.92 bits per heavy atom. The molecule has 1 N–H and O–H groups in total. The van der Waals surface area contributed by atoms with E-state index in [4.69, 9.17) is 0 Å². The zero-order chi connectivity index (χ0) is 9.68. The summed E-state index contributed by atoms with van der Waals surface area (Å²) in [6.45, 7) is 4.48. The number of aliphatic hydroxyl groups is 1. The van der Waals surface area contributed by atoms with E-state index in [9.17, 15) is 5.11 Å². The zero-order valence-corrected chi connectivity index (χ0v) is 9.65. The van der Waals surface area contributed by atoms with Gasteiger partial charge in [-0.3, -0.25) is 0 Å². The molecule has 1 rings (SSSR count). The van der Waals surface area contributed by atoms with Crippen molar-refractivity contribution in [3.05, 3.63) is 0 Å². The van der Waals surface area contributed by atoms with Gasteiger partial charge in [-0.05, 0) is 30.4 Å². The van der Waals surface area contributed by atoms with Crippen molar-refractivity contribution < 1.29 is 5.11 Å². The smallest absolute Gasteiger partial charge is 0.0658 e. The summed E-state index contributed by atoms with van der Waals surface area (Å²) < 4.78 is 0. The first-order valence-corrected chi connectivity index (χ1v) is 6.65. The second-order valence-corrected chi connectivity index (χ2v) is 5.57. The summed E-state index contributed by atoms with van der Waals surface area (Å²) in [5.74, 6) is 3.55. The van der Waals surface area contributed by atoms with Gasteiger partial charge in [0, 0.05) is 5.75 Å². The van der Waals surface area contributed by atoms with Crippen LogP contribution in [0.5, 0.6) is 0 Å². The minimum absolute atomic E-state index is 0.0440. The molecule has 1 nitrogen and oxygen atoms in total. The van der Waals surface area contributed by atoms with Crippen molar-refractivity contribution in [2.45, 2.75) is 45.6 Å². The van der Waals surface area contributed by atoms with Gasteiger partial charge in [0.25, 0.3) is 0 Å². The third-order valence-corrected chi connectivity index (χ3v) is 4.08. The molecule has 0 aromatic rings. The number of thioether (sulfide) groups is 1. The zero-order valence-electron chi connectivity index (χ0n) is 8.83. The normalized spacial score (nSPS) is 31.6. The molecule has 0 aliphatic heterocycles. The largest absolute Gasteiger partial charge is 0.392 e. The molecule has 0 saturated heterocycles. The molecule has 0 spiro atoms. The van der Waals surface area contributed by atoms with Gasteiger partial charge in [-0.1, -0.05) is 26.7 Å². The molecule has 78 valence electrons. The second kappa shape index (κ2) is 5.92. The lowest BCUT2D eigenvalue weighted by Crippen LogP contribution is -2.27. The van der Waals surface area contributed by atoms with E-state index in [-0.39, 0.29) is 6.10 Å². The van der Waals surface area contributed by atoms with E-state index in [1.807, 2.05) is 11.8 Å². The maximum absolute atomic E-state index is 9.87. The van der Waals surface area contributed by atoms with E-state index < -0.39 is 0 Å². The lowest BCUT2D eigenvalue weighted by Gasteiger charge is -2.29. The molecule has 0 aromatic carbocycles. The number of rotatable bonds is 4. The summed E-state index contributed by atoms with van der Waals surface area (Å²) in [5, 5.41) is 9.87. The van der Waals surface area contributed by atoms with Crippen molar-refractivity contribution >= 4 is 11.8 Å². The highest BCUT2D eigenvalue weighted by Crippen LogP contribution is 2.31. The average Bonchev–Trinajstić information content (AvgIpc) is 2.15.